The van der Waals surface area contributed by atoms with Gasteiger partial charge in [0, 0.05) is 10.6 Å². The lowest BCUT2D eigenvalue weighted by Gasteiger charge is -2.10. The summed E-state index contributed by atoms with van der Waals surface area (Å²) in [6.45, 7) is 5.80. The third kappa shape index (κ3) is 9.47. The van der Waals surface area contributed by atoms with Gasteiger partial charge in [-0.05, 0) is 31.9 Å². The van der Waals surface area contributed by atoms with Gasteiger partial charge in [-0.2, -0.15) is 13.2 Å². The van der Waals surface area contributed by atoms with Crippen molar-refractivity contribution in [3.8, 4) is 0 Å². The molecule has 0 aliphatic carbocycles. The van der Waals surface area contributed by atoms with Crippen LogP contribution in [0.25, 0.3) is 0 Å². The normalized spacial score (nSPS) is 14.6. The Kier molecular flexibility index (Phi) is 9.21. The summed E-state index contributed by atoms with van der Waals surface area (Å²) < 4.78 is 36.0. The van der Waals surface area contributed by atoms with E-state index in [-0.39, 0.29) is 0 Å². The fraction of sp³-hybridized carbons (Fsp3) is 0.429. The molecule has 0 aliphatic rings. The van der Waals surface area contributed by atoms with E-state index in [1.807, 2.05) is 44.4 Å². The van der Waals surface area contributed by atoms with E-state index in [0.717, 1.165) is 23.1 Å². The highest BCUT2D eigenvalue weighted by Crippen LogP contribution is 2.24. The van der Waals surface area contributed by atoms with E-state index in [9.17, 15) is 13.2 Å². The van der Waals surface area contributed by atoms with Crippen molar-refractivity contribution in [3.63, 3.8) is 0 Å². The maximum atomic E-state index is 12.0. The van der Waals surface area contributed by atoms with Gasteiger partial charge in [-0.3, -0.25) is 0 Å². The number of halogens is 3. The lowest BCUT2D eigenvalue weighted by Crippen LogP contribution is -2.08. The number of rotatable bonds is 7. The molecular weight excluding hydrogens is 271 g/mol. The van der Waals surface area contributed by atoms with E-state index in [1.165, 1.54) is 18.0 Å². The van der Waals surface area contributed by atoms with Gasteiger partial charge < -0.3 is 5.32 Å². The fourth-order valence-electron chi connectivity index (χ4n) is 1.20. The van der Waals surface area contributed by atoms with E-state index in [4.69, 9.17) is 0 Å². The Labute approximate surface area is 117 Å². The summed E-state index contributed by atoms with van der Waals surface area (Å²) in [5, 5.41) is 4.84. The summed E-state index contributed by atoms with van der Waals surface area (Å²) in [7, 11) is 0. The topological polar surface area (TPSA) is 12.0 Å². The second kappa shape index (κ2) is 9.78. The first kappa shape index (κ1) is 17.9. The van der Waals surface area contributed by atoms with Gasteiger partial charge in [0.05, 0.1) is 6.42 Å². The van der Waals surface area contributed by atoms with E-state index < -0.39 is 12.6 Å². The number of nitrogens with one attached hydrogen (secondary N) is 1. The van der Waals surface area contributed by atoms with Crippen molar-refractivity contribution in [2.75, 3.05) is 0 Å². The molecule has 1 N–H and O–H groups in total. The Morgan fingerprint density at radius 1 is 1.26 bits per heavy atom. The minimum atomic E-state index is -4.16. The summed E-state index contributed by atoms with van der Waals surface area (Å²) in [4.78, 5) is 0.983. The summed E-state index contributed by atoms with van der Waals surface area (Å²) >= 11 is 1.53. The second-order valence-electron chi connectivity index (χ2n) is 3.63. The Hall–Kier alpha value is -1.10. The third-order valence-electron chi connectivity index (χ3n) is 1.97. The van der Waals surface area contributed by atoms with Crippen LogP contribution >= 0.6 is 11.8 Å². The molecule has 0 aromatic carbocycles. The van der Waals surface area contributed by atoms with Gasteiger partial charge in [0.1, 0.15) is 0 Å². The molecule has 108 valence electrons. The molecule has 0 aliphatic heterocycles. The Bertz CT molecular complexity index is 365. The van der Waals surface area contributed by atoms with Crippen molar-refractivity contribution in [2.24, 2.45) is 0 Å². The average Bonchev–Trinajstić information content (AvgIpc) is 2.34. The molecule has 0 rings (SSSR count). The van der Waals surface area contributed by atoms with E-state index >= 15 is 0 Å². The summed E-state index contributed by atoms with van der Waals surface area (Å²) in [6.07, 6.45) is 3.94. The second-order valence-corrected chi connectivity index (χ2v) is 4.58. The fourth-order valence-corrected chi connectivity index (χ4v) is 1.89. The Balaban J connectivity index is 4.62. The SMILES string of the molecule is C/C=C/SC(=C/C)/C(=C\CC)N/C=C/CC(F)(F)F. The van der Waals surface area contributed by atoms with Crippen LogP contribution in [0.4, 0.5) is 13.2 Å². The highest BCUT2D eigenvalue weighted by Gasteiger charge is 2.24. The largest absolute Gasteiger partial charge is 0.392 e. The summed E-state index contributed by atoms with van der Waals surface area (Å²) in [6, 6.07) is 0. The van der Waals surface area contributed by atoms with Crippen molar-refractivity contribution >= 4 is 11.8 Å². The molecule has 1 nitrogen and oxygen atoms in total. The number of thioether (sulfide) groups is 1. The first-order valence-electron chi connectivity index (χ1n) is 6.07. The molecule has 0 heterocycles. The van der Waals surface area contributed by atoms with Crippen molar-refractivity contribution in [1.82, 2.24) is 5.32 Å². The smallest absolute Gasteiger partial charge is 0.361 e. The molecule has 0 amide bonds. The van der Waals surface area contributed by atoms with Crippen LogP contribution in [0.3, 0.4) is 0 Å². The van der Waals surface area contributed by atoms with E-state index in [0.29, 0.717) is 0 Å². The molecule has 5 heteroatoms. The van der Waals surface area contributed by atoms with Gasteiger partial charge in [0.2, 0.25) is 0 Å². The molecule has 0 fully saturated rings. The maximum Gasteiger partial charge on any atom is 0.392 e. The minimum Gasteiger partial charge on any atom is -0.361 e. The lowest BCUT2D eigenvalue weighted by atomic mass is 10.3. The molecule has 0 radical (unpaired) electrons. The van der Waals surface area contributed by atoms with Crippen molar-refractivity contribution < 1.29 is 13.2 Å². The molecular formula is C14H20F3NS. The van der Waals surface area contributed by atoms with Gasteiger partial charge in [0.15, 0.2) is 0 Å². The van der Waals surface area contributed by atoms with Crippen LogP contribution in [-0.2, 0) is 0 Å². The van der Waals surface area contributed by atoms with E-state index in [2.05, 4.69) is 5.32 Å². The number of allylic oxidation sites excluding steroid dienone is 4. The first-order valence-corrected chi connectivity index (χ1v) is 6.95. The van der Waals surface area contributed by atoms with Crippen LogP contribution < -0.4 is 5.32 Å². The molecule has 0 atom stereocenters. The van der Waals surface area contributed by atoms with Crippen LogP contribution in [-0.4, -0.2) is 6.18 Å². The maximum absolute atomic E-state index is 12.0. The molecule has 19 heavy (non-hydrogen) atoms. The first-order chi connectivity index (χ1) is 8.94. The molecule has 0 saturated carbocycles. The molecule has 0 aromatic heterocycles. The Morgan fingerprint density at radius 2 is 1.95 bits per heavy atom. The predicted octanol–water partition coefficient (Wildman–Crippen LogP) is 5.51. The molecule has 0 spiro atoms. The van der Waals surface area contributed by atoms with Crippen molar-refractivity contribution in [1.29, 1.82) is 0 Å². The van der Waals surface area contributed by atoms with Crippen LogP contribution in [0.1, 0.15) is 33.6 Å². The van der Waals surface area contributed by atoms with Gasteiger partial charge >= 0.3 is 6.18 Å². The van der Waals surface area contributed by atoms with Crippen LogP contribution in [0.15, 0.2) is 46.5 Å². The van der Waals surface area contributed by atoms with Crippen LogP contribution in [0, 0.1) is 0 Å². The highest BCUT2D eigenvalue weighted by atomic mass is 32.2. The molecule has 0 saturated heterocycles. The highest BCUT2D eigenvalue weighted by molar-refractivity contribution is 8.06. The third-order valence-corrected chi connectivity index (χ3v) is 3.09. The zero-order chi connectivity index (χ0) is 14.7. The molecule has 0 unspecified atom stereocenters. The number of hydrogen-bond acceptors (Lipinski definition) is 2. The average molecular weight is 291 g/mol. The Morgan fingerprint density at radius 3 is 2.42 bits per heavy atom. The van der Waals surface area contributed by atoms with Gasteiger partial charge in [-0.25, -0.2) is 0 Å². The summed E-state index contributed by atoms with van der Waals surface area (Å²) in [5.74, 6) is 0. The standard InChI is InChI=1S/C14H20F3NS/c1-4-8-12(13(6-3)19-11-5-2)18-10-7-9-14(15,16)17/h5-8,10-11,18H,4,9H2,1-3H3/b10-7+,11-5+,12-8+,13-6+. The molecule has 0 bridgehead atoms. The predicted molar refractivity (Wildman–Crippen MR) is 77.5 cm³/mol. The van der Waals surface area contributed by atoms with E-state index in [1.54, 1.807) is 0 Å². The monoisotopic (exact) mass is 291 g/mol. The number of alkyl halides is 3. The summed E-state index contributed by atoms with van der Waals surface area (Å²) in [5.41, 5.74) is 0.825. The zero-order valence-electron chi connectivity index (χ0n) is 11.4. The zero-order valence-corrected chi connectivity index (χ0v) is 12.2. The van der Waals surface area contributed by atoms with Gasteiger partial charge in [-0.1, -0.05) is 43.0 Å². The van der Waals surface area contributed by atoms with Crippen LogP contribution in [0.2, 0.25) is 0 Å². The lowest BCUT2D eigenvalue weighted by molar-refractivity contribution is -0.125. The number of hydrogen-bond donors (Lipinski definition) is 1. The van der Waals surface area contributed by atoms with Crippen molar-refractivity contribution in [3.05, 3.63) is 46.5 Å². The minimum absolute atomic E-state index is 0.809. The molecule has 0 aromatic rings. The van der Waals surface area contributed by atoms with Crippen LogP contribution in [0.5, 0.6) is 0 Å². The quantitative estimate of drug-likeness (QED) is 0.621. The van der Waals surface area contributed by atoms with Gasteiger partial charge in [-0.15, -0.1) is 0 Å². The van der Waals surface area contributed by atoms with Gasteiger partial charge in [0.25, 0.3) is 0 Å². The van der Waals surface area contributed by atoms with Crippen molar-refractivity contribution in [2.45, 2.75) is 39.8 Å².